The molecule has 11 heteroatoms. The van der Waals surface area contributed by atoms with Gasteiger partial charge in [0.15, 0.2) is 5.82 Å². The second-order valence-electron chi connectivity index (χ2n) is 11.7. The number of piperidine rings is 1. The fourth-order valence-corrected chi connectivity index (χ4v) is 6.18. The maximum Gasteiger partial charge on any atom is 0.317 e. The zero-order valence-electron chi connectivity index (χ0n) is 22.1. The van der Waals surface area contributed by atoms with E-state index in [1.807, 2.05) is 6.92 Å². The van der Waals surface area contributed by atoms with Gasteiger partial charge >= 0.3 is 6.03 Å². The fourth-order valence-electron chi connectivity index (χ4n) is 6.18. The number of nitrogens with one attached hydrogen (secondary N) is 1. The van der Waals surface area contributed by atoms with Gasteiger partial charge < -0.3 is 19.5 Å². The number of nitrogens with zero attached hydrogens (tertiary/aromatic N) is 4. The molecular weight excluding hydrogens is 487 g/mol. The predicted molar refractivity (Wildman–Crippen MR) is 130 cm³/mol. The first-order valence-electron chi connectivity index (χ1n) is 13.9. The quantitative estimate of drug-likeness (QED) is 0.566. The van der Waals surface area contributed by atoms with Crippen molar-refractivity contribution in [3.63, 3.8) is 0 Å². The molecule has 5 rings (SSSR count). The van der Waals surface area contributed by atoms with Crippen molar-refractivity contribution >= 4 is 6.03 Å². The highest BCUT2D eigenvalue weighted by Crippen LogP contribution is 2.44. The van der Waals surface area contributed by atoms with E-state index in [9.17, 15) is 9.18 Å². The molecule has 2 saturated heterocycles. The van der Waals surface area contributed by atoms with Crippen LogP contribution in [0.1, 0.15) is 89.8 Å². The summed E-state index contributed by atoms with van der Waals surface area (Å²) in [5, 5.41) is 6.81. The number of alkyl halides is 3. The molecule has 1 N–H and O–H groups in total. The number of aromatic nitrogens is 2. The molecule has 3 heterocycles. The Kier molecular flexibility index (Phi) is 7.48. The second-order valence-corrected chi connectivity index (χ2v) is 11.7. The molecule has 1 aromatic heterocycles. The van der Waals surface area contributed by atoms with Gasteiger partial charge in [-0.05, 0) is 58.8 Å². The standard InChI is InChI=1S/C26H40F3N5O3/c1-4-25(23-31-22(37-32-23)18-14-19(18)27)9-12-33(13-10-25)24(35)30-21-20(6-5-8-26(21,28)29)36-17-7-11-34(15-17)16(2)3/h16-21H,4-15H2,1-3H3,(H,30,35)/t17-,18+,19-,20-,21+/m0/s1. The van der Waals surface area contributed by atoms with Crippen LogP contribution >= 0.6 is 0 Å². The average molecular weight is 528 g/mol. The van der Waals surface area contributed by atoms with Crippen LogP contribution in [0.5, 0.6) is 0 Å². The summed E-state index contributed by atoms with van der Waals surface area (Å²) in [6, 6.07) is -1.43. The number of ether oxygens (including phenoxy) is 1. The molecule has 4 aliphatic rings. The summed E-state index contributed by atoms with van der Waals surface area (Å²) >= 11 is 0. The molecule has 0 aromatic carbocycles. The summed E-state index contributed by atoms with van der Waals surface area (Å²) in [6.07, 6.45) is 2.09. The van der Waals surface area contributed by atoms with Crippen LogP contribution in [0.3, 0.4) is 0 Å². The third-order valence-corrected chi connectivity index (χ3v) is 9.01. The Hall–Kier alpha value is -1.88. The number of amides is 2. The number of halogens is 3. The first-order valence-corrected chi connectivity index (χ1v) is 13.9. The number of hydrogen-bond donors (Lipinski definition) is 1. The smallest absolute Gasteiger partial charge is 0.317 e. The van der Waals surface area contributed by atoms with E-state index in [0.29, 0.717) is 63.0 Å². The van der Waals surface area contributed by atoms with Gasteiger partial charge in [0, 0.05) is 44.1 Å². The predicted octanol–water partition coefficient (Wildman–Crippen LogP) is 4.40. The highest BCUT2D eigenvalue weighted by Gasteiger charge is 2.50. The molecule has 2 amide bonds. The van der Waals surface area contributed by atoms with Crippen LogP contribution in [0.2, 0.25) is 0 Å². The van der Waals surface area contributed by atoms with Crippen molar-refractivity contribution in [2.75, 3.05) is 26.2 Å². The minimum Gasteiger partial charge on any atom is -0.371 e. The van der Waals surface area contributed by atoms with Crippen LogP contribution in [-0.2, 0) is 10.2 Å². The molecule has 2 aliphatic heterocycles. The van der Waals surface area contributed by atoms with Crippen molar-refractivity contribution in [2.45, 2.75) is 120 Å². The minimum atomic E-state index is -3.02. The SMILES string of the molecule is CCC1(c2noc([C@@H]3C[C@@H]3F)n2)CCN(C(=O)N[C@@H]2[C@@H](O[C@H]3CCN(C(C)C)C3)CCCC2(F)F)CC1. The summed E-state index contributed by atoms with van der Waals surface area (Å²) in [7, 11) is 0. The van der Waals surface area contributed by atoms with E-state index >= 15 is 8.78 Å². The van der Waals surface area contributed by atoms with E-state index in [4.69, 9.17) is 9.26 Å². The van der Waals surface area contributed by atoms with Gasteiger partial charge in [-0.1, -0.05) is 12.1 Å². The lowest BCUT2D eigenvalue weighted by Gasteiger charge is -2.42. The summed E-state index contributed by atoms with van der Waals surface area (Å²) in [5.74, 6) is -2.41. The van der Waals surface area contributed by atoms with Gasteiger partial charge in [-0.15, -0.1) is 0 Å². The van der Waals surface area contributed by atoms with Crippen molar-refractivity contribution in [1.82, 2.24) is 25.3 Å². The van der Waals surface area contributed by atoms with Crippen LogP contribution in [-0.4, -0.2) is 88.5 Å². The van der Waals surface area contributed by atoms with E-state index in [0.717, 1.165) is 25.9 Å². The van der Waals surface area contributed by atoms with Gasteiger partial charge in [-0.2, -0.15) is 4.98 Å². The summed E-state index contributed by atoms with van der Waals surface area (Å²) in [5.41, 5.74) is -0.371. The van der Waals surface area contributed by atoms with Gasteiger partial charge in [0.1, 0.15) is 12.2 Å². The van der Waals surface area contributed by atoms with Crippen LogP contribution < -0.4 is 5.32 Å². The first kappa shape index (κ1) is 26.7. The lowest BCUT2D eigenvalue weighted by Crippen LogP contribution is -2.61. The zero-order valence-corrected chi connectivity index (χ0v) is 22.1. The number of hydrogen-bond acceptors (Lipinski definition) is 6. The number of likely N-dealkylation sites (tertiary alicyclic amines) is 2. The molecule has 4 fully saturated rings. The van der Waals surface area contributed by atoms with Crippen molar-refractivity contribution in [3.05, 3.63) is 11.7 Å². The Morgan fingerprint density at radius 2 is 1.95 bits per heavy atom. The molecule has 2 saturated carbocycles. The molecular formula is C26H40F3N5O3. The highest BCUT2D eigenvalue weighted by molar-refractivity contribution is 5.75. The van der Waals surface area contributed by atoms with Crippen LogP contribution in [0.4, 0.5) is 18.0 Å². The molecule has 37 heavy (non-hydrogen) atoms. The van der Waals surface area contributed by atoms with E-state index in [2.05, 4.69) is 34.2 Å². The van der Waals surface area contributed by atoms with Gasteiger partial charge in [0.25, 0.3) is 5.92 Å². The fraction of sp³-hybridized carbons (Fsp3) is 0.885. The Balaban J connectivity index is 1.20. The number of carbonyl (C=O) groups is 1. The number of urea groups is 1. The van der Waals surface area contributed by atoms with Crippen LogP contribution in [0.25, 0.3) is 0 Å². The summed E-state index contributed by atoms with van der Waals surface area (Å²) in [6.45, 7) is 8.70. The molecule has 1 aromatic rings. The van der Waals surface area contributed by atoms with Crippen LogP contribution in [0.15, 0.2) is 4.52 Å². The lowest BCUT2D eigenvalue weighted by atomic mass is 9.75. The number of carbonyl (C=O) groups excluding carboxylic acids is 1. The van der Waals surface area contributed by atoms with Gasteiger partial charge in [0.2, 0.25) is 5.89 Å². The Morgan fingerprint density at radius 1 is 1.22 bits per heavy atom. The normalized spacial score (nSPS) is 33.6. The van der Waals surface area contributed by atoms with Crippen molar-refractivity contribution in [1.29, 1.82) is 0 Å². The topological polar surface area (TPSA) is 83.7 Å². The van der Waals surface area contributed by atoms with Gasteiger partial charge in [0.05, 0.1) is 18.1 Å². The summed E-state index contributed by atoms with van der Waals surface area (Å²) < 4.78 is 55.0. The Labute approximate surface area is 216 Å². The van der Waals surface area contributed by atoms with E-state index in [1.54, 1.807) is 4.90 Å². The van der Waals surface area contributed by atoms with Gasteiger partial charge in [-0.25, -0.2) is 18.0 Å². The lowest BCUT2D eigenvalue weighted by molar-refractivity contribution is -0.138. The second kappa shape index (κ2) is 10.4. The first-order chi connectivity index (χ1) is 17.6. The maximum absolute atomic E-state index is 15.0. The number of rotatable bonds is 7. The molecule has 5 atom stereocenters. The molecule has 0 bridgehead atoms. The molecule has 8 nitrogen and oxygen atoms in total. The van der Waals surface area contributed by atoms with Crippen LogP contribution in [0, 0.1) is 0 Å². The third-order valence-electron chi connectivity index (χ3n) is 9.01. The molecule has 0 unspecified atom stereocenters. The monoisotopic (exact) mass is 527 g/mol. The van der Waals surface area contributed by atoms with E-state index in [-0.39, 0.29) is 23.9 Å². The minimum absolute atomic E-state index is 0.0935. The Bertz CT molecular complexity index is 952. The van der Waals surface area contributed by atoms with Crippen molar-refractivity contribution in [2.24, 2.45) is 0 Å². The molecule has 2 aliphatic carbocycles. The largest absolute Gasteiger partial charge is 0.371 e. The molecule has 0 spiro atoms. The average Bonchev–Trinajstić information content (AvgIpc) is 3.25. The Morgan fingerprint density at radius 3 is 2.57 bits per heavy atom. The zero-order chi connectivity index (χ0) is 26.4. The van der Waals surface area contributed by atoms with Crippen molar-refractivity contribution < 1.29 is 27.2 Å². The van der Waals surface area contributed by atoms with Crippen molar-refractivity contribution in [3.8, 4) is 0 Å². The molecule has 208 valence electrons. The third kappa shape index (κ3) is 5.48. The van der Waals surface area contributed by atoms with E-state index < -0.39 is 30.3 Å². The molecule has 0 radical (unpaired) electrons. The van der Waals surface area contributed by atoms with E-state index in [1.165, 1.54) is 0 Å². The maximum atomic E-state index is 15.0. The summed E-state index contributed by atoms with van der Waals surface area (Å²) in [4.78, 5) is 21.6. The highest BCUT2D eigenvalue weighted by atomic mass is 19.3. The van der Waals surface area contributed by atoms with Gasteiger partial charge in [-0.3, -0.25) is 4.90 Å².